The van der Waals surface area contributed by atoms with E-state index in [9.17, 15) is 4.79 Å². The number of methoxy groups -OCH3 is 1. The first-order valence-electron chi connectivity index (χ1n) is 5.82. The third-order valence-corrected chi connectivity index (χ3v) is 2.88. The lowest BCUT2D eigenvalue weighted by Crippen LogP contribution is -2.39. The first-order chi connectivity index (χ1) is 9.63. The number of ether oxygens (including phenoxy) is 1. The molecular formula is C12H14ClN5O2. The highest BCUT2D eigenvalue weighted by Gasteiger charge is 2.17. The van der Waals surface area contributed by atoms with E-state index < -0.39 is 6.04 Å². The number of nitrogens with zero attached hydrogens (tertiary/aromatic N) is 3. The normalized spacial score (nSPS) is 12.2. The third-order valence-electron chi connectivity index (χ3n) is 2.58. The average Bonchev–Trinajstić information content (AvgIpc) is 2.92. The van der Waals surface area contributed by atoms with Crippen molar-refractivity contribution in [2.45, 2.75) is 6.04 Å². The van der Waals surface area contributed by atoms with Crippen molar-refractivity contribution in [3.8, 4) is 5.69 Å². The maximum atomic E-state index is 11.9. The molecule has 0 aliphatic heterocycles. The first-order valence-corrected chi connectivity index (χ1v) is 6.20. The second kappa shape index (κ2) is 6.47. The molecule has 0 bridgehead atoms. The number of carbonyl (C=O) groups excluding carboxylic acids is 1. The summed E-state index contributed by atoms with van der Waals surface area (Å²) in [5.41, 5.74) is 6.71. The molecule has 0 saturated carbocycles. The smallest absolute Gasteiger partial charge is 0.243 e. The minimum absolute atomic E-state index is 0.130. The lowest BCUT2D eigenvalue weighted by Gasteiger charge is -2.15. The van der Waals surface area contributed by atoms with Gasteiger partial charge in [-0.25, -0.2) is 9.67 Å². The van der Waals surface area contributed by atoms with Crippen molar-refractivity contribution in [3.05, 3.63) is 35.9 Å². The van der Waals surface area contributed by atoms with Crippen LogP contribution in [0.3, 0.4) is 0 Å². The van der Waals surface area contributed by atoms with E-state index in [2.05, 4.69) is 15.4 Å². The van der Waals surface area contributed by atoms with Gasteiger partial charge >= 0.3 is 0 Å². The molecule has 1 aromatic heterocycles. The van der Waals surface area contributed by atoms with Gasteiger partial charge in [-0.3, -0.25) is 4.79 Å². The Bertz CT molecular complexity index is 588. The second-order valence-electron chi connectivity index (χ2n) is 4.03. The monoisotopic (exact) mass is 295 g/mol. The van der Waals surface area contributed by atoms with Gasteiger partial charge in [-0.15, -0.1) is 0 Å². The summed E-state index contributed by atoms with van der Waals surface area (Å²) < 4.78 is 6.32. The Morgan fingerprint density at radius 1 is 1.60 bits per heavy atom. The highest BCUT2D eigenvalue weighted by molar-refractivity contribution is 6.33. The van der Waals surface area contributed by atoms with Crippen molar-refractivity contribution in [3.63, 3.8) is 0 Å². The Kier molecular flexibility index (Phi) is 4.67. The van der Waals surface area contributed by atoms with Gasteiger partial charge in [0.15, 0.2) is 0 Å². The van der Waals surface area contributed by atoms with Crippen molar-refractivity contribution in [2.75, 3.05) is 19.0 Å². The van der Waals surface area contributed by atoms with Crippen molar-refractivity contribution in [1.82, 2.24) is 14.8 Å². The number of hydrogen-bond acceptors (Lipinski definition) is 5. The number of aromatic nitrogens is 3. The molecule has 0 spiro atoms. The Balaban J connectivity index is 2.29. The van der Waals surface area contributed by atoms with Gasteiger partial charge in [-0.2, -0.15) is 5.10 Å². The molecule has 8 heteroatoms. The summed E-state index contributed by atoms with van der Waals surface area (Å²) in [5.74, 6) is -0.365. The molecular weight excluding hydrogens is 282 g/mol. The zero-order chi connectivity index (χ0) is 14.5. The molecule has 0 aliphatic carbocycles. The summed E-state index contributed by atoms with van der Waals surface area (Å²) in [6, 6.07) is 4.37. The number of hydrogen-bond donors (Lipinski definition) is 2. The standard InChI is InChI=1S/C12H14ClN5O2/c1-20-5-9(14)12(19)17-10-4-2-3-8(13)11(10)18-7-15-6-16-18/h2-4,6-7,9H,5,14H2,1H3,(H,17,19). The molecule has 106 valence electrons. The van der Waals surface area contributed by atoms with Gasteiger partial charge in [-0.1, -0.05) is 17.7 Å². The summed E-state index contributed by atoms with van der Waals surface area (Å²) in [5, 5.41) is 7.16. The Morgan fingerprint density at radius 3 is 3.05 bits per heavy atom. The van der Waals surface area contributed by atoms with Crippen LogP contribution in [0.4, 0.5) is 5.69 Å². The van der Waals surface area contributed by atoms with Crippen molar-refractivity contribution in [2.24, 2.45) is 5.73 Å². The van der Waals surface area contributed by atoms with Gasteiger partial charge in [-0.05, 0) is 12.1 Å². The zero-order valence-corrected chi connectivity index (χ0v) is 11.5. The van der Waals surface area contributed by atoms with Gasteiger partial charge < -0.3 is 15.8 Å². The maximum absolute atomic E-state index is 11.9. The molecule has 1 aromatic carbocycles. The fraction of sp³-hybridized carbons (Fsp3) is 0.250. The van der Waals surface area contributed by atoms with E-state index in [1.54, 1.807) is 18.2 Å². The SMILES string of the molecule is COCC(N)C(=O)Nc1cccc(Cl)c1-n1cncn1. The second-order valence-corrected chi connectivity index (χ2v) is 4.43. The molecule has 0 aliphatic rings. The summed E-state index contributed by atoms with van der Waals surface area (Å²) in [6.45, 7) is 0.130. The molecule has 2 rings (SSSR count). The van der Waals surface area contributed by atoms with Crippen LogP contribution in [-0.2, 0) is 9.53 Å². The number of benzene rings is 1. The molecule has 0 fully saturated rings. The van der Waals surface area contributed by atoms with Crippen LogP contribution in [0.1, 0.15) is 0 Å². The van der Waals surface area contributed by atoms with Gasteiger partial charge in [0.2, 0.25) is 5.91 Å². The molecule has 1 heterocycles. The summed E-state index contributed by atoms with van der Waals surface area (Å²) in [6.07, 6.45) is 2.87. The van der Waals surface area contributed by atoms with Gasteiger partial charge in [0.1, 0.15) is 24.4 Å². The quantitative estimate of drug-likeness (QED) is 0.852. The molecule has 2 aromatic rings. The maximum Gasteiger partial charge on any atom is 0.243 e. The van der Waals surface area contributed by atoms with Crippen LogP contribution >= 0.6 is 11.6 Å². The van der Waals surface area contributed by atoms with E-state index in [1.807, 2.05) is 0 Å². The highest BCUT2D eigenvalue weighted by atomic mass is 35.5. The lowest BCUT2D eigenvalue weighted by atomic mass is 10.2. The molecule has 0 radical (unpaired) electrons. The number of halogens is 1. The number of para-hydroxylation sites is 1. The average molecular weight is 296 g/mol. The predicted molar refractivity (Wildman–Crippen MR) is 74.9 cm³/mol. The van der Waals surface area contributed by atoms with Crippen LogP contribution in [0.25, 0.3) is 5.69 Å². The minimum atomic E-state index is -0.762. The number of rotatable bonds is 5. The van der Waals surface area contributed by atoms with E-state index in [0.717, 1.165) is 0 Å². The Morgan fingerprint density at radius 2 is 2.40 bits per heavy atom. The molecule has 3 N–H and O–H groups in total. The lowest BCUT2D eigenvalue weighted by molar-refractivity contribution is -0.118. The fourth-order valence-electron chi connectivity index (χ4n) is 1.65. The van der Waals surface area contributed by atoms with Gasteiger partial charge in [0.25, 0.3) is 0 Å². The minimum Gasteiger partial charge on any atom is -0.383 e. The number of nitrogens with one attached hydrogen (secondary N) is 1. The van der Waals surface area contributed by atoms with Gasteiger partial charge in [0, 0.05) is 7.11 Å². The van der Waals surface area contributed by atoms with Crippen LogP contribution in [-0.4, -0.2) is 40.4 Å². The number of nitrogens with two attached hydrogens (primary N) is 1. The number of amides is 1. The molecule has 1 atom stereocenters. The fourth-order valence-corrected chi connectivity index (χ4v) is 1.91. The summed E-state index contributed by atoms with van der Waals surface area (Å²) in [4.78, 5) is 15.8. The van der Waals surface area contributed by atoms with Gasteiger partial charge in [0.05, 0.1) is 17.3 Å². The largest absolute Gasteiger partial charge is 0.383 e. The summed E-state index contributed by atoms with van der Waals surface area (Å²) in [7, 11) is 1.48. The molecule has 7 nitrogen and oxygen atoms in total. The molecule has 1 unspecified atom stereocenters. The third kappa shape index (κ3) is 3.13. The van der Waals surface area contributed by atoms with Crippen molar-refractivity contribution >= 4 is 23.2 Å². The van der Waals surface area contributed by atoms with E-state index in [0.29, 0.717) is 16.4 Å². The first kappa shape index (κ1) is 14.4. The van der Waals surface area contributed by atoms with E-state index >= 15 is 0 Å². The highest BCUT2D eigenvalue weighted by Crippen LogP contribution is 2.27. The number of carbonyl (C=O) groups is 1. The van der Waals surface area contributed by atoms with Crippen molar-refractivity contribution < 1.29 is 9.53 Å². The van der Waals surface area contributed by atoms with E-state index in [1.165, 1.54) is 24.4 Å². The Hall–Kier alpha value is -1.96. The van der Waals surface area contributed by atoms with Crippen LogP contribution < -0.4 is 11.1 Å². The van der Waals surface area contributed by atoms with Crippen molar-refractivity contribution in [1.29, 1.82) is 0 Å². The predicted octanol–water partition coefficient (Wildman–Crippen LogP) is 0.833. The van der Waals surface area contributed by atoms with Crippen LogP contribution in [0, 0.1) is 0 Å². The van der Waals surface area contributed by atoms with E-state index in [4.69, 9.17) is 22.1 Å². The number of anilines is 1. The topological polar surface area (TPSA) is 95.1 Å². The zero-order valence-electron chi connectivity index (χ0n) is 10.8. The Labute approximate surface area is 120 Å². The molecule has 1 amide bonds. The van der Waals surface area contributed by atoms with E-state index in [-0.39, 0.29) is 12.5 Å². The summed E-state index contributed by atoms with van der Waals surface area (Å²) >= 11 is 6.15. The van der Waals surface area contributed by atoms with Crippen LogP contribution in [0.15, 0.2) is 30.9 Å². The van der Waals surface area contributed by atoms with Crippen LogP contribution in [0.2, 0.25) is 5.02 Å². The van der Waals surface area contributed by atoms with Crippen LogP contribution in [0.5, 0.6) is 0 Å². The molecule has 20 heavy (non-hydrogen) atoms. The molecule has 0 saturated heterocycles.